The van der Waals surface area contributed by atoms with Crippen molar-refractivity contribution in [3.8, 4) is 6.07 Å². The summed E-state index contributed by atoms with van der Waals surface area (Å²) in [7, 11) is 0. The molecule has 4 aliphatic carbocycles. The first-order valence-corrected chi connectivity index (χ1v) is 13.1. The fourth-order valence-corrected chi connectivity index (χ4v) is 7.82. The van der Waals surface area contributed by atoms with E-state index < -0.39 is 5.97 Å². The van der Waals surface area contributed by atoms with Crippen molar-refractivity contribution >= 4 is 11.9 Å². The van der Waals surface area contributed by atoms with Crippen LogP contribution in [0.25, 0.3) is 0 Å². The minimum atomic E-state index is -0.482. The van der Waals surface area contributed by atoms with Crippen molar-refractivity contribution in [3.05, 3.63) is 58.7 Å². The molecule has 3 saturated carbocycles. The zero-order valence-corrected chi connectivity index (χ0v) is 20.8. The van der Waals surface area contributed by atoms with Gasteiger partial charge in [0.1, 0.15) is 24.4 Å². The number of carbonyl (C=O) groups excluding carboxylic acids is 2. The van der Waals surface area contributed by atoms with Crippen molar-refractivity contribution in [2.24, 2.45) is 29.1 Å². The van der Waals surface area contributed by atoms with Gasteiger partial charge in [-0.3, -0.25) is 4.79 Å². The molecule has 6 atom stereocenters. The van der Waals surface area contributed by atoms with Gasteiger partial charge in [0.2, 0.25) is 0 Å². The van der Waals surface area contributed by atoms with E-state index in [1.807, 2.05) is 30.3 Å². The molecule has 1 aromatic rings. The van der Waals surface area contributed by atoms with Crippen LogP contribution in [0.3, 0.4) is 0 Å². The van der Waals surface area contributed by atoms with Crippen molar-refractivity contribution in [3.63, 3.8) is 0 Å². The van der Waals surface area contributed by atoms with Gasteiger partial charge in [-0.15, -0.1) is 0 Å². The van der Waals surface area contributed by atoms with Crippen LogP contribution in [-0.4, -0.2) is 18.0 Å². The van der Waals surface area contributed by atoms with E-state index >= 15 is 0 Å². The summed E-state index contributed by atoms with van der Waals surface area (Å²) in [6, 6.07) is 11.8. The molecular formula is C30H35NO4. The Morgan fingerprint density at radius 2 is 1.91 bits per heavy atom. The van der Waals surface area contributed by atoms with Crippen molar-refractivity contribution in [2.75, 3.05) is 0 Å². The quantitative estimate of drug-likeness (QED) is 0.230. The number of fused-ring (bicyclic) bond motifs is 5. The van der Waals surface area contributed by atoms with Crippen LogP contribution in [0, 0.1) is 40.4 Å². The fraction of sp³-hybridized carbons (Fsp3) is 0.567. The average molecular weight is 474 g/mol. The summed E-state index contributed by atoms with van der Waals surface area (Å²) < 4.78 is 11.1. The highest BCUT2D eigenvalue weighted by atomic mass is 16.5. The topological polar surface area (TPSA) is 76.4 Å². The lowest BCUT2D eigenvalue weighted by molar-refractivity contribution is -0.147. The molecule has 5 nitrogen and oxygen atoms in total. The molecule has 4 aliphatic rings. The molecule has 3 fully saturated rings. The Bertz CT molecular complexity index is 1100. The molecule has 0 bridgehead atoms. The maximum absolute atomic E-state index is 13.0. The minimum Gasteiger partial charge on any atom is -0.462 e. The summed E-state index contributed by atoms with van der Waals surface area (Å²) in [5, 5.41) is 9.98. The maximum atomic E-state index is 13.0. The van der Waals surface area contributed by atoms with Gasteiger partial charge in [0.05, 0.1) is 0 Å². The molecule has 0 heterocycles. The molecule has 0 saturated heterocycles. The third-order valence-electron chi connectivity index (χ3n) is 9.35. The zero-order chi connectivity index (χ0) is 24.6. The number of ether oxygens (including phenoxy) is 2. The molecule has 35 heavy (non-hydrogen) atoms. The van der Waals surface area contributed by atoms with Gasteiger partial charge < -0.3 is 9.47 Å². The summed E-state index contributed by atoms with van der Waals surface area (Å²) in [5.74, 6) is 1.66. The van der Waals surface area contributed by atoms with Crippen LogP contribution in [-0.2, 0) is 25.7 Å². The minimum absolute atomic E-state index is 0.0292. The van der Waals surface area contributed by atoms with Crippen molar-refractivity contribution < 1.29 is 19.1 Å². The summed E-state index contributed by atoms with van der Waals surface area (Å²) in [6.45, 7) is 3.97. The van der Waals surface area contributed by atoms with Crippen molar-refractivity contribution in [1.29, 1.82) is 5.26 Å². The number of esters is 2. The van der Waals surface area contributed by atoms with Gasteiger partial charge >= 0.3 is 11.9 Å². The third kappa shape index (κ3) is 4.44. The highest BCUT2D eigenvalue weighted by Gasteiger charge is 2.55. The van der Waals surface area contributed by atoms with Crippen LogP contribution in [0.5, 0.6) is 0 Å². The van der Waals surface area contributed by atoms with Crippen LogP contribution in [0.1, 0.15) is 70.8 Å². The van der Waals surface area contributed by atoms with E-state index in [1.165, 1.54) is 12.5 Å². The Balaban J connectivity index is 1.33. The Morgan fingerprint density at radius 1 is 1.11 bits per heavy atom. The van der Waals surface area contributed by atoms with Gasteiger partial charge in [-0.05, 0) is 85.2 Å². The Hall–Kier alpha value is -2.87. The summed E-state index contributed by atoms with van der Waals surface area (Å²) in [4.78, 5) is 24.4. The molecule has 0 aliphatic heterocycles. The Kier molecular flexibility index (Phi) is 6.57. The van der Waals surface area contributed by atoms with E-state index in [0.29, 0.717) is 23.7 Å². The molecular weight excluding hydrogens is 438 g/mol. The molecule has 1 aromatic carbocycles. The highest BCUT2D eigenvalue weighted by Crippen LogP contribution is 2.63. The lowest BCUT2D eigenvalue weighted by Crippen LogP contribution is -2.45. The van der Waals surface area contributed by atoms with Gasteiger partial charge in [-0.2, -0.15) is 5.26 Å². The SMILES string of the molecule is CC(=O)OC1CC[C@H]2C(=CC[C@@H]3[C@@H]2CC[C@]2(C)/C(=C(\C#N)C(=O)OCc4ccccc4)CC[C@@H]32)C1. The maximum Gasteiger partial charge on any atom is 0.349 e. The van der Waals surface area contributed by atoms with E-state index in [4.69, 9.17) is 9.47 Å². The molecule has 5 rings (SSSR count). The highest BCUT2D eigenvalue weighted by molar-refractivity contribution is 5.94. The molecule has 1 unspecified atom stereocenters. The smallest absolute Gasteiger partial charge is 0.349 e. The fourth-order valence-electron chi connectivity index (χ4n) is 7.82. The van der Waals surface area contributed by atoms with E-state index in [1.54, 1.807) is 0 Å². The van der Waals surface area contributed by atoms with Crippen LogP contribution >= 0.6 is 0 Å². The van der Waals surface area contributed by atoms with Crippen LogP contribution < -0.4 is 0 Å². The Labute approximate surface area is 208 Å². The zero-order valence-electron chi connectivity index (χ0n) is 20.8. The van der Waals surface area contributed by atoms with Crippen molar-refractivity contribution in [2.45, 2.75) is 77.9 Å². The van der Waals surface area contributed by atoms with Gasteiger partial charge in [0.15, 0.2) is 0 Å². The van der Waals surface area contributed by atoms with Gasteiger partial charge in [-0.1, -0.05) is 48.9 Å². The number of nitrogens with zero attached hydrogens (tertiary/aromatic N) is 1. The lowest BCUT2D eigenvalue weighted by atomic mass is 9.52. The van der Waals surface area contributed by atoms with E-state index in [9.17, 15) is 14.9 Å². The number of nitriles is 1. The van der Waals surface area contributed by atoms with Gasteiger partial charge in [-0.25, -0.2) is 4.79 Å². The number of benzene rings is 1. The van der Waals surface area contributed by atoms with Gasteiger partial charge in [0, 0.05) is 13.3 Å². The largest absolute Gasteiger partial charge is 0.462 e. The first-order chi connectivity index (χ1) is 16.9. The molecule has 0 spiro atoms. The standard InChI is InChI=1S/C30H35NO4/c1-19(32)35-22-9-11-23-21(16-22)8-10-25-24(23)14-15-30(2)27(25)12-13-28(30)26(17-31)29(33)34-18-20-6-4-3-5-7-20/h3-8,22-25,27H,9-16,18H2,1-2H3/b28-26+/t22?,23-,24+,25+,27-,30-/m0/s1. The second-order valence-electron chi connectivity index (χ2n) is 11.1. The molecule has 0 amide bonds. The van der Waals surface area contributed by atoms with E-state index in [-0.39, 0.29) is 29.7 Å². The van der Waals surface area contributed by atoms with Gasteiger partial charge in [0.25, 0.3) is 0 Å². The number of rotatable bonds is 4. The van der Waals surface area contributed by atoms with E-state index in [0.717, 1.165) is 62.5 Å². The number of carbonyl (C=O) groups is 2. The number of hydrogen-bond acceptors (Lipinski definition) is 5. The predicted molar refractivity (Wildman–Crippen MR) is 132 cm³/mol. The summed E-state index contributed by atoms with van der Waals surface area (Å²) in [5.41, 5.74) is 3.56. The molecule has 5 heteroatoms. The lowest BCUT2D eigenvalue weighted by Gasteiger charge is -2.52. The molecule has 0 N–H and O–H groups in total. The molecule has 184 valence electrons. The third-order valence-corrected chi connectivity index (χ3v) is 9.35. The first-order valence-electron chi connectivity index (χ1n) is 13.1. The van der Waals surface area contributed by atoms with Crippen LogP contribution in [0.15, 0.2) is 53.1 Å². The summed E-state index contributed by atoms with van der Waals surface area (Å²) in [6.07, 6.45) is 10.4. The molecule has 0 radical (unpaired) electrons. The van der Waals surface area contributed by atoms with Crippen molar-refractivity contribution in [1.82, 2.24) is 0 Å². The van der Waals surface area contributed by atoms with Crippen LogP contribution in [0.4, 0.5) is 0 Å². The average Bonchev–Trinajstić information content (AvgIpc) is 3.20. The normalized spacial score (nSPS) is 34.9. The Morgan fingerprint density at radius 3 is 2.66 bits per heavy atom. The second kappa shape index (κ2) is 9.64. The number of allylic oxidation sites excluding steroid dienone is 2. The monoisotopic (exact) mass is 473 g/mol. The second-order valence-corrected chi connectivity index (χ2v) is 11.1. The van der Waals surface area contributed by atoms with E-state index in [2.05, 4.69) is 19.1 Å². The summed E-state index contributed by atoms with van der Waals surface area (Å²) >= 11 is 0. The van der Waals surface area contributed by atoms with Crippen LogP contribution in [0.2, 0.25) is 0 Å². The first kappa shape index (κ1) is 23.9. The number of hydrogen-bond donors (Lipinski definition) is 0. The predicted octanol–water partition coefficient (Wildman–Crippen LogP) is 6.05. The molecule has 0 aromatic heterocycles.